The SMILES string of the molecule is O[C@@H]1CCCCCCC[C@@H]1O. The molecule has 1 aliphatic carbocycles. The maximum atomic E-state index is 9.36. The van der Waals surface area contributed by atoms with Crippen LogP contribution in [-0.2, 0) is 0 Å². The van der Waals surface area contributed by atoms with Gasteiger partial charge >= 0.3 is 0 Å². The van der Waals surface area contributed by atoms with Gasteiger partial charge in [-0.1, -0.05) is 32.1 Å². The van der Waals surface area contributed by atoms with Crippen molar-refractivity contribution in [2.75, 3.05) is 0 Å². The van der Waals surface area contributed by atoms with Crippen LogP contribution < -0.4 is 0 Å². The summed E-state index contributed by atoms with van der Waals surface area (Å²) in [6, 6.07) is 0. The highest BCUT2D eigenvalue weighted by Crippen LogP contribution is 2.17. The first-order valence-corrected chi connectivity index (χ1v) is 4.67. The van der Waals surface area contributed by atoms with Crippen LogP contribution in [0.3, 0.4) is 0 Å². The molecule has 0 unspecified atom stereocenters. The Morgan fingerprint density at radius 2 is 1.00 bits per heavy atom. The van der Waals surface area contributed by atoms with Crippen molar-refractivity contribution in [2.45, 2.75) is 57.2 Å². The van der Waals surface area contributed by atoms with E-state index in [4.69, 9.17) is 0 Å². The lowest BCUT2D eigenvalue weighted by atomic mass is 10.1. The van der Waals surface area contributed by atoms with Crippen LogP contribution in [0.15, 0.2) is 0 Å². The van der Waals surface area contributed by atoms with Gasteiger partial charge in [-0.05, 0) is 12.8 Å². The Balaban J connectivity index is 2.29. The normalized spacial score (nSPS) is 35.5. The highest BCUT2D eigenvalue weighted by molar-refractivity contribution is 4.69. The van der Waals surface area contributed by atoms with Crippen LogP contribution in [0.2, 0.25) is 0 Å². The molecule has 0 amide bonds. The Morgan fingerprint density at radius 1 is 0.636 bits per heavy atom. The third kappa shape index (κ3) is 3.21. The summed E-state index contributed by atoms with van der Waals surface area (Å²) < 4.78 is 0. The van der Waals surface area contributed by atoms with E-state index in [0.717, 1.165) is 25.7 Å². The first kappa shape index (κ1) is 9.01. The van der Waals surface area contributed by atoms with E-state index in [2.05, 4.69) is 0 Å². The van der Waals surface area contributed by atoms with Crippen molar-refractivity contribution < 1.29 is 10.2 Å². The van der Waals surface area contributed by atoms with Crippen LogP contribution in [0.4, 0.5) is 0 Å². The van der Waals surface area contributed by atoms with Gasteiger partial charge in [-0.25, -0.2) is 0 Å². The number of hydrogen-bond acceptors (Lipinski definition) is 2. The van der Waals surface area contributed by atoms with E-state index in [-0.39, 0.29) is 0 Å². The molecule has 0 aromatic carbocycles. The molecule has 2 nitrogen and oxygen atoms in total. The summed E-state index contributed by atoms with van der Waals surface area (Å²) in [7, 11) is 0. The Kier molecular flexibility index (Phi) is 3.87. The summed E-state index contributed by atoms with van der Waals surface area (Å²) in [6.07, 6.45) is 6.45. The monoisotopic (exact) mass is 158 g/mol. The molecule has 0 radical (unpaired) electrons. The second-order valence-electron chi connectivity index (χ2n) is 3.48. The molecule has 2 atom stereocenters. The van der Waals surface area contributed by atoms with Crippen LogP contribution in [0.25, 0.3) is 0 Å². The third-order valence-electron chi connectivity index (χ3n) is 2.44. The highest BCUT2D eigenvalue weighted by atomic mass is 16.3. The number of rotatable bonds is 0. The summed E-state index contributed by atoms with van der Waals surface area (Å²) in [5, 5.41) is 18.7. The minimum Gasteiger partial charge on any atom is -0.390 e. The fourth-order valence-electron chi connectivity index (χ4n) is 1.62. The van der Waals surface area contributed by atoms with Crippen molar-refractivity contribution in [1.29, 1.82) is 0 Å². The van der Waals surface area contributed by atoms with Crippen LogP contribution >= 0.6 is 0 Å². The zero-order valence-electron chi connectivity index (χ0n) is 7.00. The second-order valence-corrected chi connectivity index (χ2v) is 3.48. The molecule has 0 heterocycles. The average Bonchev–Trinajstić information content (AvgIpc) is 2.07. The van der Waals surface area contributed by atoms with Crippen LogP contribution in [0.5, 0.6) is 0 Å². The molecule has 1 rings (SSSR count). The summed E-state index contributed by atoms with van der Waals surface area (Å²) in [4.78, 5) is 0. The minimum atomic E-state index is -0.465. The van der Waals surface area contributed by atoms with E-state index in [1.54, 1.807) is 0 Å². The van der Waals surface area contributed by atoms with Crippen molar-refractivity contribution in [3.8, 4) is 0 Å². The molecule has 2 heteroatoms. The summed E-state index contributed by atoms with van der Waals surface area (Å²) in [5.74, 6) is 0. The highest BCUT2D eigenvalue weighted by Gasteiger charge is 2.16. The van der Waals surface area contributed by atoms with Crippen LogP contribution in [0, 0.1) is 0 Å². The van der Waals surface area contributed by atoms with E-state index < -0.39 is 12.2 Å². The van der Waals surface area contributed by atoms with Gasteiger partial charge in [-0.3, -0.25) is 0 Å². The molecule has 11 heavy (non-hydrogen) atoms. The predicted octanol–water partition coefficient (Wildman–Crippen LogP) is 1.45. The maximum absolute atomic E-state index is 9.36. The molecule has 0 saturated heterocycles. The van der Waals surface area contributed by atoms with Crippen molar-refractivity contribution in [1.82, 2.24) is 0 Å². The van der Waals surface area contributed by atoms with Gasteiger partial charge < -0.3 is 10.2 Å². The molecule has 1 saturated carbocycles. The Labute approximate surface area is 68.2 Å². The van der Waals surface area contributed by atoms with Crippen LogP contribution in [-0.4, -0.2) is 22.4 Å². The van der Waals surface area contributed by atoms with Crippen molar-refractivity contribution in [3.63, 3.8) is 0 Å². The van der Waals surface area contributed by atoms with Crippen molar-refractivity contribution in [2.24, 2.45) is 0 Å². The lowest BCUT2D eigenvalue weighted by Crippen LogP contribution is -2.25. The quantitative estimate of drug-likeness (QED) is 0.560. The maximum Gasteiger partial charge on any atom is 0.0799 e. The molecular weight excluding hydrogens is 140 g/mol. The lowest BCUT2D eigenvalue weighted by Gasteiger charge is -2.15. The fraction of sp³-hybridized carbons (Fsp3) is 1.00. The van der Waals surface area contributed by atoms with Gasteiger partial charge in [-0.15, -0.1) is 0 Å². The molecule has 0 aliphatic heterocycles. The van der Waals surface area contributed by atoms with E-state index in [1.165, 1.54) is 19.3 Å². The molecule has 1 aliphatic rings. The lowest BCUT2D eigenvalue weighted by molar-refractivity contribution is 0.00923. The molecule has 0 bridgehead atoms. The van der Waals surface area contributed by atoms with Crippen molar-refractivity contribution in [3.05, 3.63) is 0 Å². The average molecular weight is 158 g/mol. The van der Waals surface area contributed by atoms with Crippen LogP contribution in [0.1, 0.15) is 44.9 Å². The standard InChI is InChI=1S/C9H18O2/c10-8-6-4-2-1-3-5-7-9(8)11/h8-11H,1-7H2/t8-,9+. The van der Waals surface area contributed by atoms with Gasteiger partial charge in [0.25, 0.3) is 0 Å². The summed E-state index contributed by atoms with van der Waals surface area (Å²) in [5.41, 5.74) is 0. The van der Waals surface area contributed by atoms with Crippen molar-refractivity contribution >= 4 is 0 Å². The molecular formula is C9H18O2. The first-order chi connectivity index (χ1) is 5.30. The number of aliphatic hydroxyl groups is 2. The smallest absolute Gasteiger partial charge is 0.0799 e. The topological polar surface area (TPSA) is 40.5 Å². The number of hydrogen-bond donors (Lipinski definition) is 2. The molecule has 0 aromatic rings. The molecule has 1 fully saturated rings. The van der Waals surface area contributed by atoms with E-state index >= 15 is 0 Å². The fourth-order valence-corrected chi connectivity index (χ4v) is 1.62. The molecule has 0 aromatic heterocycles. The van der Waals surface area contributed by atoms with Gasteiger partial charge in [0.2, 0.25) is 0 Å². The zero-order valence-corrected chi connectivity index (χ0v) is 7.00. The third-order valence-corrected chi connectivity index (χ3v) is 2.44. The summed E-state index contributed by atoms with van der Waals surface area (Å²) in [6.45, 7) is 0. The summed E-state index contributed by atoms with van der Waals surface area (Å²) >= 11 is 0. The largest absolute Gasteiger partial charge is 0.390 e. The van der Waals surface area contributed by atoms with Gasteiger partial charge in [0.15, 0.2) is 0 Å². The van der Waals surface area contributed by atoms with Gasteiger partial charge in [0, 0.05) is 0 Å². The van der Waals surface area contributed by atoms with Gasteiger partial charge in [0.05, 0.1) is 12.2 Å². The minimum absolute atomic E-state index is 0.465. The Bertz CT molecular complexity index is 91.7. The molecule has 2 N–H and O–H groups in total. The second kappa shape index (κ2) is 4.73. The van der Waals surface area contributed by atoms with E-state index in [0.29, 0.717) is 0 Å². The van der Waals surface area contributed by atoms with E-state index in [9.17, 15) is 10.2 Å². The van der Waals surface area contributed by atoms with Gasteiger partial charge in [-0.2, -0.15) is 0 Å². The molecule has 66 valence electrons. The van der Waals surface area contributed by atoms with Gasteiger partial charge in [0.1, 0.15) is 0 Å². The number of aliphatic hydroxyl groups excluding tert-OH is 2. The molecule has 0 spiro atoms. The Morgan fingerprint density at radius 3 is 1.45 bits per heavy atom. The first-order valence-electron chi connectivity index (χ1n) is 4.67. The zero-order chi connectivity index (χ0) is 8.10. The predicted molar refractivity (Wildman–Crippen MR) is 44.3 cm³/mol. The Hall–Kier alpha value is -0.0800. The van der Waals surface area contributed by atoms with E-state index in [1.807, 2.05) is 0 Å².